The number of nitrogens with zero attached hydrogens (tertiary/aromatic N) is 3. The normalized spacial score (nSPS) is 13.2. The van der Waals surface area contributed by atoms with Crippen molar-refractivity contribution < 1.29 is 0 Å². The second-order valence-corrected chi connectivity index (χ2v) is 5.84. The number of anilines is 1. The molecular formula is C14H13BrClN5. The minimum absolute atomic E-state index is 0. The molecule has 0 amide bonds. The lowest BCUT2D eigenvalue weighted by atomic mass is 10.1. The van der Waals surface area contributed by atoms with Crippen LogP contribution < -0.4 is 5.73 Å². The van der Waals surface area contributed by atoms with Gasteiger partial charge in [-0.1, -0.05) is 15.9 Å². The summed E-state index contributed by atoms with van der Waals surface area (Å²) in [6, 6.07) is 4.23. The van der Waals surface area contributed by atoms with Crippen molar-refractivity contribution >= 4 is 45.3 Å². The van der Waals surface area contributed by atoms with Crippen LogP contribution in [0.1, 0.15) is 17.5 Å². The third-order valence-electron chi connectivity index (χ3n) is 3.73. The van der Waals surface area contributed by atoms with Crippen LogP contribution in [0.4, 0.5) is 5.82 Å². The molecule has 4 rings (SSSR count). The first-order valence-corrected chi connectivity index (χ1v) is 7.30. The summed E-state index contributed by atoms with van der Waals surface area (Å²) in [5, 5.41) is 0. The van der Waals surface area contributed by atoms with Crippen LogP contribution in [0.3, 0.4) is 0 Å². The lowest BCUT2D eigenvalue weighted by Gasteiger charge is -2.07. The number of hydrogen-bond donors (Lipinski definition) is 2. The van der Waals surface area contributed by atoms with Gasteiger partial charge in [0.25, 0.3) is 0 Å². The van der Waals surface area contributed by atoms with E-state index in [0.29, 0.717) is 22.8 Å². The first-order chi connectivity index (χ1) is 9.72. The highest BCUT2D eigenvalue weighted by Gasteiger charge is 2.17. The molecule has 0 unspecified atom stereocenters. The van der Waals surface area contributed by atoms with Gasteiger partial charge < -0.3 is 10.7 Å². The average Bonchev–Trinajstić information content (AvgIpc) is 3.06. The number of aromatic nitrogens is 4. The van der Waals surface area contributed by atoms with E-state index in [1.165, 1.54) is 17.5 Å². The molecule has 0 atom stereocenters. The first kappa shape index (κ1) is 14.3. The van der Waals surface area contributed by atoms with Crippen molar-refractivity contribution in [3.05, 3.63) is 34.1 Å². The molecule has 3 N–H and O–H groups in total. The van der Waals surface area contributed by atoms with Crippen LogP contribution in [0.15, 0.2) is 22.9 Å². The summed E-state index contributed by atoms with van der Waals surface area (Å²) < 4.78 is 1.13. The summed E-state index contributed by atoms with van der Waals surface area (Å²) in [6.45, 7) is 0. The Labute approximate surface area is 135 Å². The number of H-pyrrole nitrogens is 1. The minimum Gasteiger partial charge on any atom is -0.382 e. The van der Waals surface area contributed by atoms with Crippen LogP contribution >= 0.6 is 28.3 Å². The molecule has 1 aliphatic rings. The maximum Gasteiger partial charge on any atom is 0.183 e. The molecule has 0 spiro atoms. The topological polar surface area (TPSA) is 80.5 Å². The third-order valence-corrected chi connectivity index (χ3v) is 4.44. The highest BCUT2D eigenvalue weighted by molar-refractivity contribution is 9.10. The molecule has 21 heavy (non-hydrogen) atoms. The number of imidazole rings is 1. The van der Waals surface area contributed by atoms with Crippen LogP contribution in [0.5, 0.6) is 0 Å². The zero-order valence-electron chi connectivity index (χ0n) is 11.1. The number of aryl methyl sites for hydroxylation is 1. The average molecular weight is 367 g/mol. The highest BCUT2D eigenvalue weighted by Crippen LogP contribution is 2.33. The molecule has 3 aromatic rings. The summed E-state index contributed by atoms with van der Waals surface area (Å²) in [4.78, 5) is 16.0. The van der Waals surface area contributed by atoms with Gasteiger partial charge in [0.05, 0.1) is 6.33 Å². The van der Waals surface area contributed by atoms with Crippen LogP contribution in [-0.2, 0) is 12.8 Å². The van der Waals surface area contributed by atoms with Crippen LogP contribution in [-0.4, -0.2) is 19.9 Å². The molecule has 1 aromatic carbocycles. The predicted octanol–water partition coefficient (Wildman–Crippen LogP) is 3.28. The van der Waals surface area contributed by atoms with Crippen molar-refractivity contribution in [2.24, 2.45) is 0 Å². The Hall–Kier alpha value is -1.66. The lowest BCUT2D eigenvalue weighted by Crippen LogP contribution is -1.98. The standard InChI is InChI=1S/C14H12BrN5.ClH/c15-10-5-8(4-7-2-1-3-9(7)10)13-19-12(16)11-14(20-13)18-6-17-11;/h4-6H,1-3H2,(H3,16,17,18,19,20);1H. The van der Waals surface area contributed by atoms with Crippen molar-refractivity contribution in [2.75, 3.05) is 5.73 Å². The second-order valence-electron chi connectivity index (χ2n) is 4.98. The monoisotopic (exact) mass is 365 g/mol. The molecular weight excluding hydrogens is 354 g/mol. The number of aromatic amines is 1. The molecule has 0 radical (unpaired) electrons. The van der Waals surface area contributed by atoms with Gasteiger partial charge in [0, 0.05) is 10.0 Å². The number of nitrogens with two attached hydrogens (primary N) is 1. The largest absolute Gasteiger partial charge is 0.382 e. The van der Waals surface area contributed by atoms with Crippen molar-refractivity contribution in [3.63, 3.8) is 0 Å². The molecule has 5 nitrogen and oxygen atoms in total. The molecule has 0 bridgehead atoms. The molecule has 7 heteroatoms. The van der Waals surface area contributed by atoms with Gasteiger partial charge >= 0.3 is 0 Å². The third kappa shape index (κ3) is 2.28. The smallest absolute Gasteiger partial charge is 0.183 e. The van der Waals surface area contributed by atoms with E-state index < -0.39 is 0 Å². The minimum atomic E-state index is 0. The Kier molecular flexibility index (Phi) is 3.59. The summed E-state index contributed by atoms with van der Waals surface area (Å²) in [7, 11) is 0. The summed E-state index contributed by atoms with van der Waals surface area (Å²) >= 11 is 3.65. The number of fused-ring (bicyclic) bond motifs is 2. The number of rotatable bonds is 1. The van der Waals surface area contributed by atoms with E-state index in [1.807, 2.05) is 0 Å². The molecule has 0 fully saturated rings. The molecule has 1 aliphatic carbocycles. The Balaban J connectivity index is 0.00000132. The SMILES string of the molecule is Cl.Nc1nc(-c2cc(Br)c3c(c2)CCC3)nc2nc[nH]c12. The van der Waals surface area contributed by atoms with Crippen molar-refractivity contribution in [3.8, 4) is 11.4 Å². The Morgan fingerprint density at radius 1 is 1.19 bits per heavy atom. The van der Waals surface area contributed by atoms with Gasteiger partial charge in [-0.3, -0.25) is 0 Å². The fraction of sp³-hybridized carbons (Fsp3) is 0.214. The number of nitrogens with one attached hydrogen (secondary N) is 1. The van der Waals surface area contributed by atoms with Crippen molar-refractivity contribution in [1.82, 2.24) is 19.9 Å². The summed E-state index contributed by atoms with van der Waals surface area (Å²) in [5.74, 6) is 1.05. The number of halogens is 2. The van der Waals surface area contributed by atoms with E-state index in [0.717, 1.165) is 22.9 Å². The van der Waals surface area contributed by atoms with Gasteiger partial charge in [-0.2, -0.15) is 0 Å². The fourth-order valence-corrected chi connectivity index (χ4v) is 3.47. The van der Waals surface area contributed by atoms with E-state index in [-0.39, 0.29) is 12.4 Å². The van der Waals surface area contributed by atoms with Crippen molar-refractivity contribution in [1.29, 1.82) is 0 Å². The number of nitrogen functional groups attached to an aromatic ring is 1. The van der Waals surface area contributed by atoms with E-state index in [4.69, 9.17) is 5.73 Å². The fourth-order valence-electron chi connectivity index (χ4n) is 2.77. The quantitative estimate of drug-likeness (QED) is 0.692. The first-order valence-electron chi connectivity index (χ1n) is 6.50. The Morgan fingerprint density at radius 3 is 2.90 bits per heavy atom. The van der Waals surface area contributed by atoms with E-state index >= 15 is 0 Å². The maximum atomic E-state index is 5.96. The summed E-state index contributed by atoms with van der Waals surface area (Å²) in [6.07, 6.45) is 5.04. The number of benzene rings is 1. The zero-order chi connectivity index (χ0) is 13.7. The van der Waals surface area contributed by atoms with Gasteiger partial charge in [-0.25, -0.2) is 15.0 Å². The van der Waals surface area contributed by atoms with Gasteiger partial charge in [-0.05, 0) is 42.5 Å². The van der Waals surface area contributed by atoms with Gasteiger partial charge in [0.1, 0.15) is 5.52 Å². The molecule has 0 saturated heterocycles. The van der Waals surface area contributed by atoms with E-state index in [2.05, 4.69) is 48.0 Å². The van der Waals surface area contributed by atoms with E-state index in [1.54, 1.807) is 6.33 Å². The van der Waals surface area contributed by atoms with Gasteiger partial charge in [0.2, 0.25) is 0 Å². The highest BCUT2D eigenvalue weighted by atomic mass is 79.9. The Morgan fingerprint density at radius 2 is 2.05 bits per heavy atom. The van der Waals surface area contributed by atoms with Gasteiger partial charge in [-0.15, -0.1) is 12.4 Å². The molecule has 2 aromatic heterocycles. The zero-order valence-corrected chi connectivity index (χ0v) is 13.5. The molecule has 2 heterocycles. The van der Waals surface area contributed by atoms with Crippen LogP contribution in [0.25, 0.3) is 22.6 Å². The van der Waals surface area contributed by atoms with Gasteiger partial charge in [0.15, 0.2) is 17.3 Å². The van der Waals surface area contributed by atoms with Crippen LogP contribution in [0.2, 0.25) is 0 Å². The maximum absolute atomic E-state index is 5.96. The Bertz CT molecular complexity index is 830. The van der Waals surface area contributed by atoms with Crippen LogP contribution in [0, 0.1) is 0 Å². The lowest BCUT2D eigenvalue weighted by molar-refractivity contribution is 0.910. The number of hydrogen-bond acceptors (Lipinski definition) is 4. The second kappa shape index (κ2) is 5.27. The predicted molar refractivity (Wildman–Crippen MR) is 88.5 cm³/mol. The molecule has 0 saturated carbocycles. The molecule has 108 valence electrons. The summed E-state index contributed by atoms with van der Waals surface area (Å²) in [5.41, 5.74) is 11.0. The molecule has 0 aliphatic heterocycles. The van der Waals surface area contributed by atoms with E-state index in [9.17, 15) is 0 Å². The van der Waals surface area contributed by atoms with Crippen molar-refractivity contribution in [2.45, 2.75) is 19.3 Å².